The third kappa shape index (κ3) is 2.56. The van der Waals surface area contributed by atoms with E-state index in [9.17, 15) is 24.3 Å². The molecular weight excluding hydrogens is 472 g/mol. The predicted molar refractivity (Wildman–Crippen MR) is 131 cm³/mol. The number of esters is 2. The third-order valence-electron chi connectivity index (χ3n) is 10.8. The van der Waals surface area contributed by atoms with Gasteiger partial charge in [0, 0.05) is 52.4 Å². The smallest absolute Gasteiger partial charge is 0.334 e. The van der Waals surface area contributed by atoms with Crippen LogP contribution in [0.5, 0.6) is 0 Å². The van der Waals surface area contributed by atoms with Crippen LogP contribution in [0.1, 0.15) is 44.9 Å². The van der Waals surface area contributed by atoms with Gasteiger partial charge in [-0.05, 0) is 50.0 Å². The molecule has 0 aromatic heterocycles. The fraction of sp³-hybridized carbons (Fsp3) is 0.533. The molecule has 5 fully saturated rings. The second-order valence-corrected chi connectivity index (χ2v) is 12.1. The Morgan fingerprint density at radius 1 is 0.784 bits per heavy atom. The lowest BCUT2D eigenvalue weighted by molar-refractivity contribution is -0.146. The lowest BCUT2D eigenvalue weighted by Crippen LogP contribution is -2.51. The molecule has 0 bridgehead atoms. The number of hydrogen-bond donors (Lipinski definition) is 1. The van der Waals surface area contributed by atoms with E-state index in [1.807, 2.05) is 0 Å². The Hall–Kier alpha value is -3.06. The summed E-state index contributed by atoms with van der Waals surface area (Å²) in [5.41, 5.74) is 0.213. The highest BCUT2D eigenvalue weighted by atomic mass is 16.6. The second-order valence-electron chi connectivity index (χ2n) is 12.1. The summed E-state index contributed by atoms with van der Waals surface area (Å²) in [5, 5.41) is 12.1. The first-order chi connectivity index (χ1) is 17.5. The van der Waals surface area contributed by atoms with Crippen molar-refractivity contribution in [2.45, 2.75) is 62.8 Å². The van der Waals surface area contributed by atoms with Crippen molar-refractivity contribution < 1.29 is 33.8 Å². The molecule has 7 rings (SSSR count). The topological polar surface area (TPSA) is 107 Å². The molecule has 0 radical (unpaired) electrons. The minimum Gasteiger partial charge on any atom is -0.458 e. The Bertz CT molecular complexity index is 1330. The number of fused-ring (bicyclic) bond motifs is 7. The fourth-order valence-corrected chi connectivity index (χ4v) is 9.05. The maximum atomic E-state index is 14.2. The Labute approximate surface area is 215 Å². The molecule has 1 N–H and O–H groups in total. The molecule has 192 valence electrons. The standard InChI is InChI=1S/C30H30O7/c1-12-5-6-16-13(2)28(34)37-26(16)21-18(12)11-19(31)30(21)10-9-29(35)8-7-17-14(3)27(33)36-25(17)20-15(4)24(32)23(30)22(20)29/h16-18,20-21,25-26,35H,1-11H2/t16-,17-,18-,20-,21-,25-,26-,29-,30+/m0/s1. The zero-order chi connectivity index (χ0) is 26.2. The number of carbonyl (C=O) groups is 4. The number of allylic oxidation sites excluding steroid dienone is 2. The average Bonchev–Trinajstić information content (AvgIpc) is 3.44. The highest BCUT2D eigenvalue weighted by Crippen LogP contribution is 2.68. The maximum absolute atomic E-state index is 14.2. The van der Waals surface area contributed by atoms with E-state index in [4.69, 9.17) is 9.47 Å². The number of carbonyl (C=O) groups excluding carboxylic acids is 4. The largest absolute Gasteiger partial charge is 0.458 e. The Balaban J connectivity index is 1.47. The number of Topliss-reactive ketones (excluding diaryl/α,β-unsaturated/α-hetero) is 2. The number of ketones is 2. The highest BCUT2D eigenvalue weighted by molar-refractivity contribution is 6.18. The van der Waals surface area contributed by atoms with E-state index in [-0.39, 0.29) is 54.2 Å². The van der Waals surface area contributed by atoms with Crippen LogP contribution in [0.4, 0.5) is 0 Å². The molecule has 0 aromatic rings. The lowest BCUT2D eigenvalue weighted by Gasteiger charge is -2.47. The average molecular weight is 503 g/mol. The summed E-state index contributed by atoms with van der Waals surface area (Å²) < 4.78 is 11.7. The summed E-state index contributed by atoms with van der Waals surface area (Å²) in [6, 6.07) is 0. The number of hydrogen-bond acceptors (Lipinski definition) is 7. The van der Waals surface area contributed by atoms with Crippen molar-refractivity contribution in [2.24, 2.45) is 35.0 Å². The van der Waals surface area contributed by atoms with Crippen molar-refractivity contribution in [1.82, 2.24) is 0 Å². The summed E-state index contributed by atoms with van der Waals surface area (Å²) in [4.78, 5) is 53.4. The van der Waals surface area contributed by atoms with Gasteiger partial charge in [0.05, 0.1) is 11.0 Å². The van der Waals surface area contributed by atoms with Gasteiger partial charge >= 0.3 is 11.9 Å². The minimum atomic E-state index is -1.31. The zero-order valence-corrected chi connectivity index (χ0v) is 20.7. The summed E-state index contributed by atoms with van der Waals surface area (Å²) in [6.45, 7) is 16.3. The maximum Gasteiger partial charge on any atom is 0.334 e. The number of ether oxygens (including phenoxy) is 2. The zero-order valence-electron chi connectivity index (χ0n) is 20.7. The predicted octanol–water partition coefficient (Wildman–Crippen LogP) is 3.09. The van der Waals surface area contributed by atoms with Crippen LogP contribution in [-0.2, 0) is 28.7 Å². The van der Waals surface area contributed by atoms with Crippen LogP contribution in [0.25, 0.3) is 0 Å². The van der Waals surface area contributed by atoms with E-state index >= 15 is 0 Å². The van der Waals surface area contributed by atoms with E-state index in [1.54, 1.807) is 0 Å². The summed E-state index contributed by atoms with van der Waals surface area (Å²) in [5.74, 6) is -3.33. The number of rotatable bonds is 0. The van der Waals surface area contributed by atoms with Gasteiger partial charge < -0.3 is 14.6 Å². The molecule has 1 spiro atoms. The van der Waals surface area contributed by atoms with Crippen LogP contribution in [-0.4, -0.2) is 46.4 Å². The molecule has 2 heterocycles. The first-order valence-electron chi connectivity index (χ1n) is 13.2. The molecule has 2 aliphatic heterocycles. The molecular formula is C30H30O7. The molecule has 0 amide bonds. The minimum absolute atomic E-state index is 0.0714. The van der Waals surface area contributed by atoms with Crippen LogP contribution in [0, 0.1) is 35.0 Å². The van der Waals surface area contributed by atoms with Gasteiger partial charge in [-0.15, -0.1) is 0 Å². The van der Waals surface area contributed by atoms with Gasteiger partial charge in [-0.2, -0.15) is 0 Å². The Morgan fingerprint density at radius 2 is 1.43 bits per heavy atom. The molecule has 9 atom stereocenters. The number of aliphatic hydroxyl groups is 1. The van der Waals surface area contributed by atoms with Gasteiger partial charge in [0.15, 0.2) is 5.78 Å². The van der Waals surface area contributed by atoms with E-state index in [0.29, 0.717) is 48.0 Å². The van der Waals surface area contributed by atoms with Gasteiger partial charge in [0.1, 0.15) is 18.0 Å². The van der Waals surface area contributed by atoms with Crippen molar-refractivity contribution in [3.8, 4) is 0 Å². The first-order valence-corrected chi connectivity index (χ1v) is 13.2. The molecule has 0 unspecified atom stereocenters. The SMILES string of the molecule is C=C1C(=O)C2=C3[C@H]1[C@H]1OC(=O)C(=C)[C@@H]1CC[C@]3(O)CC[C@]21C(=O)C[C@H]2C(=C)CC[C@H]3C(=C)C(=O)O[C@@H]3[C@H]21. The molecule has 2 saturated heterocycles. The van der Waals surface area contributed by atoms with E-state index < -0.39 is 47.0 Å². The summed E-state index contributed by atoms with van der Waals surface area (Å²) >= 11 is 0. The second kappa shape index (κ2) is 7.07. The quantitative estimate of drug-likeness (QED) is 0.308. The fourth-order valence-electron chi connectivity index (χ4n) is 9.05. The first kappa shape index (κ1) is 23.1. The van der Waals surface area contributed by atoms with Gasteiger partial charge in [-0.3, -0.25) is 9.59 Å². The normalized spacial score (nSPS) is 46.5. The Morgan fingerprint density at radius 3 is 2.14 bits per heavy atom. The van der Waals surface area contributed by atoms with E-state index in [1.165, 1.54) is 0 Å². The van der Waals surface area contributed by atoms with Crippen molar-refractivity contribution in [3.63, 3.8) is 0 Å². The monoisotopic (exact) mass is 502 g/mol. The molecule has 7 nitrogen and oxygen atoms in total. The lowest BCUT2D eigenvalue weighted by atomic mass is 9.56. The van der Waals surface area contributed by atoms with Gasteiger partial charge in [0.25, 0.3) is 0 Å². The van der Waals surface area contributed by atoms with E-state index in [2.05, 4.69) is 26.3 Å². The Kier molecular flexibility index (Phi) is 4.41. The van der Waals surface area contributed by atoms with Crippen molar-refractivity contribution in [1.29, 1.82) is 0 Å². The molecule has 7 aliphatic rings. The van der Waals surface area contributed by atoms with Gasteiger partial charge in [-0.1, -0.05) is 31.9 Å². The highest BCUT2D eigenvalue weighted by Gasteiger charge is 2.71. The van der Waals surface area contributed by atoms with Crippen molar-refractivity contribution in [3.05, 3.63) is 59.8 Å². The molecule has 5 aliphatic carbocycles. The van der Waals surface area contributed by atoms with Crippen LogP contribution in [0.3, 0.4) is 0 Å². The van der Waals surface area contributed by atoms with E-state index in [0.717, 1.165) is 5.57 Å². The molecule has 37 heavy (non-hydrogen) atoms. The van der Waals surface area contributed by atoms with Gasteiger partial charge in [0.2, 0.25) is 0 Å². The molecule has 7 heteroatoms. The van der Waals surface area contributed by atoms with Gasteiger partial charge in [-0.25, -0.2) is 9.59 Å². The van der Waals surface area contributed by atoms with Crippen LogP contribution < -0.4 is 0 Å². The van der Waals surface area contributed by atoms with Crippen LogP contribution in [0.15, 0.2) is 59.8 Å². The van der Waals surface area contributed by atoms with Crippen molar-refractivity contribution >= 4 is 23.5 Å². The summed E-state index contributed by atoms with van der Waals surface area (Å²) in [7, 11) is 0. The molecule has 0 aromatic carbocycles. The summed E-state index contributed by atoms with van der Waals surface area (Å²) in [6.07, 6.45) is 1.66. The van der Waals surface area contributed by atoms with Crippen LogP contribution in [0.2, 0.25) is 0 Å². The molecule has 3 saturated carbocycles. The van der Waals surface area contributed by atoms with Crippen LogP contribution >= 0.6 is 0 Å². The van der Waals surface area contributed by atoms with Crippen molar-refractivity contribution in [2.75, 3.05) is 0 Å². The third-order valence-corrected chi connectivity index (χ3v) is 10.8.